The Bertz CT molecular complexity index is 325. The molecule has 0 amide bonds. The molecule has 0 unspecified atom stereocenters. The molecule has 1 aromatic rings. The minimum absolute atomic E-state index is 0.259. The average molecular weight is 239 g/mol. The van der Waals surface area contributed by atoms with E-state index in [4.69, 9.17) is 16.3 Å². The van der Waals surface area contributed by atoms with Crippen molar-refractivity contribution >= 4 is 11.6 Å². The summed E-state index contributed by atoms with van der Waals surface area (Å²) in [5, 5.41) is 0. The smallest absolute Gasteiger partial charge is 0.0471 e. The molecular weight excluding hydrogens is 220 g/mol. The molecule has 1 heterocycles. The van der Waals surface area contributed by atoms with Gasteiger partial charge in [0.05, 0.1) is 0 Å². The van der Waals surface area contributed by atoms with Crippen molar-refractivity contribution in [3.63, 3.8) is 0 Å². The van der Waals surface area contributed by atoms with Crippen LogP contribution < -0.4 is 0 Å². The SMILES string of the molecule is Cc1ccc(CC2(CCl)CCOCC2)cc1. The minimum atomic E-state index is 0.259. The van der Waals surface area contributed by atoms with Crippen LogP contribution in [0.3, 0.4) is 0 Å². The van der Waals surface area contributed by atoms with Gasteiger partial charge in [-0.1, -0.05) is 29.8 Å². The average Bonchev–Trinajstić information content (AvgIpc) is 2.33. The van der Waals surface area contributed by atoms with Gasteiger partial charge in [-0.2, -0.15) is 0 Å². The molecule has 1 nitrogen and oxygen atoms in total. The lowest BCUT2D eigenvalue weighted by molar-refractivity contribution is 0.0258. The van der Waals surface area contributed by atoms with E-state index in [9.17, 15) is 0 Å². The van der Waals surface area contributed by atoms with E-state index in [-0.39, 0.29) is 5.41 Å². The van der Waals surface area contributed by atoms with Crippen molar-refractivity contribution < 1.29 is 4.74 Å². The number of hydrogen-bond acceptors (Lipinski definition) is 1. The zero-order valence-electron chi connectivity index (χ0n) is 9.84. The Morgan fingerprint density at radius 2 is 1.81 bits per heavy atom. The van der Waals surface area contributed by atoms with Crippen molar-refractivity contribution in [2.24, 2.45) is 5.41 Å². The van der Waals surface area contributed by atoms with Gasteiger partial charge in [0, 0.05) is 19.1 Å². The van der Waals surface area contributed by atoms with Crippen molar-refractivity contribution in [2.45, 2.75) is 26.2 Å². The van der Waals surface area contributed by atoms with Gasteiger partial charge in [0.2, 0.25) is 0 Å². The predicted molar refractivity (Wildman–Crippen MR) is 68.1 cm³/mol. The van der Waals surface area contributed by atoms with Crippen LogP contribution in [0.5, 0.6) is 0 Å². The van der Waals surface area contributed by atoms with Crippen molar-refractivity contribution in [3.8, 4) is 0 Å². The summed E-state index contributed by atoms with van der Waals surface area (Å²) in [6.07, 6.45) is 3.26. The van der Waals surface area contributed by atoms with E-state index in [2.05, 4.69) is 31.2 Å². The molecule has 0 atom stereocenters. The predicted octanol–water partition coefficient (Wildman–Crippen LogP) is 3.57. The van der Waals surface area contributed by atoms with Crippen LogP contribution in [0.4, 0.5) is 0 Å². The quantitative estimate of drug-likeness (QED) is 0.732. The number of alkyl halides is 1. The normalized spacial score (nSPS) is 19.6. The highest BCUT2D eigenvalue weighted by molar-refractivity contribution is 6.18. The van der Waals surface area contributed by atoms with Gasteiger partial charge in [-0.3, -0.25) is 0 Å². The van der Waals surface area contributed by atoms with Crippen LogP contribution in [0, 0.1) is 12.3 Å². The maximum atomic E-state index is 6.16. The maximum Gasteiger partial charge on any atom is 0.0471 e. The molecule has 0 aromatic heterocycles. The topological polar surface area (TPSA) is 9.23 Å². The molecule has 0 radical (unpaired) electrons. The summed E-state index contributed by atoms with van der Waals surface area (Å²) in [4.78, 5) is 0. The number of hydrogen-bond donors (Lipinski definition) is 0. The first kappa shape index (κ1) is 11.9. The second kappa shape index (κ2) is 5.20. The molecule has 1 saturated heterocycles. The van der Waals surface area contributed by atoms with Crippen LogP contribution in [-0.4, -0.2) is 19.1 Å². The third-order valence-electron chi connectivity index (χ3n) is 3.54. The third-order valence-corrected chi connectivity index (χ3v) is 4.10. The van der Waals surface area contributed by atoms with E-state index in [0.717, 1.165) is 38.4 Å². The van der Waals surface area contributed by atoms with Gasteiger partial charge < -0.3 is 4.74 Å². The van der Waals surface area contributed by atoms with Gasteiger partial charge >= 0.3 is 0 Å². The molecule has 0 saturated carbocycles. The summed E-state index contributed by atoms with van der Waals surface area (Å²) < 4.78 is 5.42. The third kappa shape index (κ3) is 2.78. The Labute approximate surface area is 103 Å². The Kier molecular flexibility index (Phi) is 3.88. The van der Waals surface area contributed by atoms with Gasteiger partial charge in [0.1, 0.15) is 0 Å². The minimum Gasteiger partial charge on any atom is -0.381 e. The summed E-state index contributed by atoms with van der Waals surface area (Å²) in [7, 11) is 0. The molecular formula is C14H19ClO. The highest BCUT2D eigenvalue weighted by Crippen LogP contribution is 2.35. The Balaban J connectivity index is 2.08. The molecule has 2 rings (SSSR count). The van der Waals surface area contributed by atoms with Crippen LogP contribution in [-0.2, 0) is 11.2 Å². The molecule has 0 aliphatic carbocycles. The van der Waals surface area contributed by atoms with E-state index in [1.807, 2.05) is 0 Å². The molecule has 1 fully saturated rings. The lowest BCUT2D eigenvalue weighted by atomic mass is 9.77. The van der Waals surface area contributed by atoms with Gasteiger partial charge in [-0.05, 0) is 37.2 Å². The lowest BCUT2D eigenvalue weighted by Crippen LogP contribution is -2.33. The number of rotatable bonds is 3. The summed E-state index contributed by atoms with van der Waals surface area (Å²) in [5.41, 5.74) is 2.97. The number of benzene rings is 1. The van der Waals surface area contributed by atoms with Crippen molar-refractivity contribution in [2.75, 3.05) is 19.1 Å². The Morgan fingerprint density at radius 3 is 2.38 bits per heavy atom. The number of ether oxygens (including phenoxy) is 1. The first-order chi connectivity index (χ1) is 7.74. The van der Waals surface area contributed by atoms with E-state index < -0.39 is 0 Å². The van der Waals surface area contributed by atoms with E-state index in [1.54, 1.807) is 0 Å². The molecule has 2 heteroatoms. The van der Waals surface area contributed by atoms with Gasteiger partial charge in [0.25, 0.3) is 0 Å². The van der Waals surface area contributed by atoms with E-state index >= 15 is 0 Å². The van der Waals surface area contributed by atoms with E-state index in [0.29, 0.717) is 0 Å². The second-order valence-electron chi connectivity index (χ2n) is 4.91. The molecule has 1 aliphatic heterocycles. The van der Waals surface area contributed by atoms with Gasteiger partial charge in [0.15, 0.2) is 0 Å². The molecule has 88 valence electrons. The fourth-order valence-electron chi connectivity index (χ4n) is 2.30. The zero-order chi connectivity index (χ0) is 11.4. The molecule has 0 spiro atoms. The molecule has 0 bridgehead atoms. The molecule has 1 aliphatic rings. The molecule has 16 heavy (non-hydrogen) atoms. The fourth-order valence-corrected chi connectivity index (χ4v) is 2.66. The summed E-state index contributed by atoms with van der Waals surface area (Å²) in [6, 6.07) is 8.80. The Morgan fingerprint density at radius 1 is 1.19 bits per heavy atom. The highest BCUT2D eigenvalue weighted by atomic mass is 35.5. The maximum absolute atomic E-state index is 6.16. The first-order valence-electron chi connectivity index (χ1n) is 5.93. The molecule has 1 aromatic carbocycles. The van der Waals surface area contributed by atoms with Crippen LogP contribution >= 0.6 is 11.6 Å². The number of aryl methyl sites for hydroxylation is 1. The summed E-state index contributed by atoms with van der Waals surface area (Å²) >= 11 is 6.16. The lowest BCUT2D eigenvalue weighted by Gasteiger charge is -2.35. The van der Waals surface area contributed by atoms with Crippen molar-refractivity contribution in [1.82, 2.24) is 0 Å². The number of halogens is 1. The first-order valence-corrected chi connectivity index (χ1v) is 6.47. The summed E-state index contributed by atoms with van der Waals surface area (Å²) in [6.45, 7) is 3.84. The van der Waals surface area contributed by atoms with Crippen LogP contribution in [0.25, 0.3) is 0 Å². The standard InChI is InChI=1S/C14H19ClO/c1-12-2-4-13(5-3-12)10-14(11-15)6-8-16-9-7-14/h2-5H,6-11H2,1H3. The van der Waals surface area contributed by atoms with Crippen molar-refractivity contribution in [1.29, 1.82) is 0 Å². The van der Waals surface area contributed by atoms with Gasteiger partial charge in [-0.15, -0.1) is 11.6 Å². The highest BCUT2D eigenvalue weighted by Gasteiger charge is 2.31. The van der Waals surface area contributed by atoms with Crippen molar-refractivity contribution in [3.05, 3.63) is 35.4 Å². The van der Waals surface area contributed by atoms with Gasteiger partial charge in [-0.25, -0.2) is 0 Å². The van der Waals surface area contributed by atoms with Crippen LogP contribution in [0.1, 0.15) is 24.0 Å². The Hall–Kier alpha value is -0.530. The zero-order valence-corrected chi connectivity index (χ0v) is 10.6. The largest absolute Gasteiger partial charge is 0.381 e. The van der Waals surface area contributed by atoms with Crippen LogP contribution in [0.2, 0.25) is 0 Å². The molecule has 0 N–H and O–H groups in total. The van der Waals surface area contributed by atoms with Crippen LogP contribution in [0.15, 0.2) is 24.3 Å². The second-order valence-corrected chi connectivity index (χ2v) is 5.18. The monoisotopic (exact) mass is 238 g/mol. The van der Waals surface area contributed by atoms with E-state index in [1.165, 1.54) is 11.1 Å². The summed E-state index contributed by atoms with van der Waals surface area (Å²) in [5.74, 6) is 0.740. The fraction of sp³-hybridized carbons (Fsp3) is 0.571.